The van der Waals surface area contributed by atoms with Gasteiger partial charge >= 0.3 is 0 Å². The first-order valence-electron chi connectivity index (χ1n) is 8.07. The van der Waals surface area contributed by atoms with E-state index < -0.39 is 0 Å². The Hall–Kier alpha value is -3.43. The molecule has 1 aromatic carbocycles. The topological polar surface area (TPSA) is 113 Å². The molecule has 0 atom stereocenters. The summed E-state index contributed by atoms with van der Waals surface area (Å²) in [5.74, 6) is 0.589. The highest BCUT2D eigenvalue weighted by Crippen LogP contribution is 2.18. The molecule has 0 unspecified atom stereocenters. The van der Waals surface area contributed by atoms with Gasteiger partial charge in [0.15, 0.2) is 11.5 Å². The van der Waals surface area contributed by atoms with Crippen molar-refractivity contribution in [2.24, 2.45) is 0 Å². The first-order chi connectivity index (χ1) is 12.6. The highest BCUT2D eigenvalue weighted by molar-refractivity contribution is 5.81. The second-order valence-electron chi connectivity index (χ2n) is 5.90. The molecule has 26 heavy (non-hydrogen) atoms. The van der Waals surface area contributed by atoms with E-state index in [1.165, 1.54) is 17.2 Å². The maximum absolute atomic E-state index is 13.4. The molecule has 0 aliphatic heterocycles. The fraction of sp³-hybridized carbons (Fsp3) is 0.250. The summed E-state index contributed by atoms with van der Waals surface area (Å²) in [6.07, 6.45) is 3.87. The number of halogens is 1. The molecule has 0 radical (unpaired) electrons. The third-order valence-electron chi connectivity index (χ3n) is 4.06. The molecule has 4 aromatic rings. The molecule has 0 bridgehead atoms. The van der Waals surface area contributed by atoms with Crippen LogP contribution >= 0.6 is 0 Å². The van der Waals surface area contributed by atoms with Crippen LogP contribution < -0.4 is 5.73 Å². The molecule has 0 aliphatic rings. The number of aromatic nitrogens is 8. The van der Waals surface area contributed by atoms with Crippen LogP contribution in [-0.2, 0) is 13.1 Å². The van der Waals surface area contributed by atoms with Crippen molar-refractivity contribution in [3.63, 3.8) is 0 Å². The van der Waals surface area contributed by atoms with E-state index in [0.29, 0.717) is 41.5 Å². The maximum Gasteiger partial charge on any atom is 0.204 e. The molecule has 0 aliphatic carbocycles. The Balaban J connectivity index is 1.43. The summed E-state index contributed by atoms with van der Waals surface area (Å²) < 4.78 is 15.3. The Kier molecular flexibility index (Phi) is 3.99. The molecule has 0 saturated carbocycles. The molecule has 0 amide bonds. The van der Waals surface area contributed by atoms with Gasteiger partial charge in [-0.3, -0.25) is 0 Å². The van der Waals surface area contributed by atoms with Crippen LogP contribution in [0.15, 0.2) is 30.9 Å². The quantitative estimate of drug-likeness (QED) is 0.580. The van der Waals surface area contributed by atoms with Crippen LogP contribution in [-0.4, -0.2) is 39.7 Å². The number of hydrogen-bond donors (Lipinski definition) is 1. The third kappa shape index (κ3) is 2.96. The summed E-state index contributed by atoms with van der Waals surface area (Å²) in [4.78, 5) is 13.9. The SMILES string of the molecule is Cc1cc(-c2nnn(CCCn3cnc4c(N)ncnc43)n2)ccc1F. The normalized spacial score (nSPS) is 11.3. The number of rotatable bonds is 5. The Bertz CT molecular complexity index is 1070. The van der Waals surface area contributed by atoms with Gasteiger partial charge in [0.25, 0.3) is 0 Å². The Morgan fingerprint density at radius 3 is 2.88 bits per heavy atom. The minimum Gasteiger partial charge on any atom is -0.382 e. The molecule has 132 valence electrons. The molecule has 10 heteroatoms. The Morgan fingerprint density at radius 2 is 2.04 bits per heavy atom. The summed E-state index contributed by atoms with van der Waals surface area (Å²) in [6.45, 7) is 2.96. The van der Waals surface area contributed by atoms with Crippen LogP contribution in [0.4, 0.5) is 10.2 Å². The van der Waals surface area contributed by atoms with Gasteiger partial charge in [-0.25, -0.2) is 19.3 Å². The lowest BCUT2D eigenvalue weighted by atomic mass is 10.1. The van der Waals surface area contributed by atoms with E-state index in [2.05, 4.69) is 30.4 Å². The van der Waals surface area contributed by atoms with Crippen LogP contribution in [0.5, 0.6) is 0 Å². The molecule has 0 saturated heterocycles. The number of nitrogen functional groups attached to an aromatic ring is 1. The first-order valence-corrected chi connectivity index (χ1v) is 8.07. The van der Waals surface area contributed by atoms with Crippen LogP contribution in [0.25, 0.3) is 22.6 Å². The van der Waals surface area contributed by atoms with E-state index in [9.17, 15) is 4.39 Å². The summed E-state index contributed by atoms with van der Waals surface area (Å²) in [7, 11) is 0. The zero-order valence-electron chi connectivity index (χ0n) is 14.0. The first kappa shape index (κ1) is 16.1. The minimum absolute atomic E-state index is 0.252. The van der Waals surface area contributed by atoms with E-state index in [4.69, 9.17) is 5.73 Å². The zero-order chi connectivity index (χ0) is 18.1. The largest absolute Gasteiger partial charge is 0.382 e. The van der Waals surface area contributed by atoms with Gasteiger partial charge in [0.2, 0.25) is 5.82 Å². The number of tetrazole rings is 1. The summed E-state index contributed by atoms with van der Waals surface area (Å²) >= 11 is 0. The van der Waals surface area contributed by atoms with Gasteiger partial charge in [-0.2, -0.15) is 4.80 Å². The predicted octanol–water partition coefficient (Wildman–Crippen LogP) is 1.60. The van der Waals surface area contributed by atoms with Gasteiger partial charge in [0.05, 0.1) is 12.9 Å². The fourth-order valence-corrected chi connectivity index (χ4v) is 2.68. The Morgan fingerprint density at radius 1 is 1.15 bits per heavy atom. The van der Waals surface area contributed by atoms with Gasteiger partial charge in [0.1, 0.15) is 17.7 Å². The van der Waals surface area contributed by atoms with Crippen molar-refractivity contribution >= 4 is 17.0 Å². The van der Waals surface area contributed by atoms with Crippen LogP contribution in [0.1, 0.15) is 12.0 Å². The van der Waals surface area contributed by atoms with E-state index >= 15 is 0 Å². The molecule has 3 aromatic heterocycles. The number of fused-ring (bicyclic) bond motifs is 1. The number of hydrogen-bond acceptors (Lipinski definition) is 7. The van der Waals surface area contributed by atoms with Crippen LogP contribution in [0, 0.1) is 12.7 Å². The molecular formula is C16H16FN9. The van der Waals surface area contributed by atoms with Gasteiger partial charge < -0.3 is 10.3 Å². The van der Waals surface area contributed by atoms with Crippen molar-refractivity contribution in [1.82, 2.24) is 39.7 Å². The van der Waals surface area contributed by atoms with Crippen molar-refractivity contribution in [2.45, 2.75) is 26.4 Å². The molecule has 2 N–H and O–H groups in total. The number of aryl methyl sites for hydroxylation is 3. The minimum atomic E-state index is -0.252. The van der Waals surface area contributed by atoms with Crippen molar-refractivity contribution in [2.75, 3.05) is 5.73 Å². The van der Waals surface area contributed by atoms with Crippen LogP contribution in [0.3, 0.4) is 0 Å². The maximum atomic E-state index is 13.4. The molecule has 4 rings (SSSR count). The van der Waals surface area contributed by atoms with E-state index in [1.807, 2.05) is 4.57 Å². The van der Waals surface area contributed by atoms with E-state index in [1.54, 1.807) is 25.4 Å². The second kappa shape index (κ2) is 6.47. The average Bonchev–Trinajstić information content (AvgIpc) is 3.26. The monoisotopic (exact) mass is 353 g/mol. The lowest BCUT2D eigenvalue weighted by Crippen LogP contribution is -2.07. The van der Waals surface area contributed by atoms with Crippen LogP contribution in [0.2, 0.25) is 0 Å². The van der Waals surface area contributed by atoms with E-state index in [-0.39, 0.29) is 5.82 Å². The summed E-state index contributed by atoms with van der Waals surface area (Å²) in [6, 6.07) is 4.76. The zero-order valence-corrected chi connectivity index (χ0v) is 14.0. The Labute approximate surface area is 147 Å². The van der Waals surface area contributed by atoms with Gasteiger partial charge in [-0.05, 0) is 42.3 Å². The lowest BCUT2D eigenvalue weighted by molar-refractivity contribution is 0.473. The van der Waals surface area contributed by atoms with Crippen molar-refractivity contribution in [1.29, 1.82) is 0 Å². The fourth-order valence-electron chi connectivity index (χ4n) is 2.68. The number of benzene rings is 1. The molecule has 0 spiro atoms. The molecular weight excluding hydrogens is 337 g/mol. The third-order valence-corrected chi connectivity index (χ3v) is 4.06. The van der Waals surface area contributed by atoms with E-state index in [0.717, 1.165) is 12.0 Å². The number of imidazole rings is 1. The molecule has 3 heterocycles. The number of nitrogens with two attached hydrogens (primary N) is 1. The highest BCUT2D eigenvalue weighted by atomic mass is 19.1. The predicted molar refractivity (Wildman–Crippen MR) is 92.3 cm³/mol. The summed E-state index contributed by atoms with van der Waals surface area (Å²) in [5.41, 5.74) is 8.37. The van der Waals surface area contributed by atoms with Gasteiger partial charge in [-0.1, -0.05) is 0 Å². The molecule has 0 fully saturated rings. The molecule has 9 nitrogen and oxygen atoms in total. The van der Waals surface area contributed by atoms with Crippen molar-refractivity contribution in [3.8, 4) is 11.4 Å². The smallest absolute Gasteiger partial charge is 0.204 e. The summed E-state index contributed by atoms with van der Waals surface area (Å²) in [5, 5.41) is 12.4. The lowest BCUT2D eigenvalue weighted by Gasteiger charge is -2.03. The highest BCUT2D eigenvalue weighted by Gasteiger charge is 2.10. The average molecular weight is 353 g/mol. The van der Waals surface area contributed by atoms with Gasteiger partial charge in [0, 0.05) is 12.1 Å². The standard InChI is InChI=1S/C16H16FN9/c1-10-7-11(3-4-12(10)17)15-22-24-26(23-15)6-2-5-25-9-21-13-14(18)19-8-20-16(13)25/h3-4,7-9H,2,5-6H2,1H3,(H2,18,19,20). The van der Waals surface area contributed by atoms with Gasteiger partial charge in [-0.15, -0.1) is 10.2 Å². The second-order valence-corrected chi connectivity index (χ2v) is 5.90. The van der Waals surface area contributed by atoms with Crippen molar-refractivity contribution < 1.29 is 4.39 Å². The number of anilines is 1. The van der Waals surface area contributed by atoms with Crippen molar-refractivity contribution in [3.05, 3.63) is 42.2 Å². The number of nitrogens with zero attached hydrogens (tertiary/aromatic N) is 8.